The molecule has 0 aliphatic carbocycles. The molecular weight excluding hydrogens is 172 g/mol. The van der Waals surface area contributed by atoms with E-state index in [1.165, 1.54) is 0 Å². The third-order valence-corrected chi connectivity index (χ3v) is 1.40. The van der Waals surface area contributed by atoms with Crippen molar-refractivity contribution in [2.24, 2.45) is 5.73 Å². The van der Waals surface area contributed by atoms with Crippen LogP contribution in [0, 0.1) is 6.92 Å². The molecule has 0 spiro atoms. The van der Waals surface area contributed by atoms with Crippen LogP contribution in [0.3, 0.4) is 0 Å². The van der Waals surface area contributed by atoms with Gasteiger partial charge in [-0.3, -0.25) is 4.79 Å². The molecule has 0 bridgehead atoms. The molecule has 13 heavy (non-hydrogen) atoms. The molecule has 0 aliphatic heterocycles. The molecule has 0 unspecified atom stereocenters. The summed E-state index contributed by atoms with van der Waals surface area (Å²) in [5.74, 6) is 0.694. The number of carbonyl (C=O) groups is 1. The first-order valence-electron chi connectivity index (χ1n) is 3.92. The highest BCUT2D eigenvalue weighted by Gasteiger charge is 2.08. The maximum Gasteiger partial charge on any atom is 0.237 e. The van der Waals surface area contributed by atoms with E-state index in [1.807, 2.05) is 0 Å². The minimum atomic E-state index is -0.520. The van der Waals surface area contributed by atoms with Crippen LogP contribution < -0.4 is 11.1 Å². The van der Waals surface area contributed by atoms with Gasteiger partial charge in [-0.05, 0) is 6.92 Å². The van der Waals surface area contributed by atoms with Gasteiger partial charge in [-0.25, -0.2) is 0 Å². The molecule has 1 aromatic heterocycles. The van der Waals surface area contributed by atoms with Crippen molar-refractivity contribution in [1.29, 1.82) is 0 Å². The van der Waals surface area contributed by atoms with Crippen LogP contribution in [0.5, 0.6) is 0 Å². The summed E-state index contributed by atoms with van der Waals surface area (Å²) in [5, 5.41) is 6.17. The molecule has 1 aromatic rings. The van der Waals surface area contributed by atoms with E-state index >= 15 is 0 Å². The van der Waals surface area contributed by atoms with Crippen LogP contribution in [0.2, 0.25) is 0 Å². The third kappa shape index (κ3) is 2.83. The average molecular weight is 184 g/mol. The molecule has 1 amide bonds. The molecule has 1 rings (SSSR count). The topological polar surface area (TPSA) is 94.0 Å². The highest BCUT2D eigenvalue weighted by molar-refractivity contribution is 5.80. The van der Waals surface area contributed by atoms with E-state index in [1.54, 1.807) is 13.8 Å². The lowest BCUT2D eigenvalue weighted by Crippen LogP contribution is -2.38. The first kappa shape index (κ1) is 9.66. The predicted molar refractivity (Wildman–Crippen MR) is 44.5 cm³/mol. The zero-order valence-corrected chi connectivity index (χ0v) is 7.57. The Labute approximate surface area is 75.5 Å². The fourth-order valence-electron chi connectivity index (χ4n) is 0.740. The number of aryl methyl sites for hydroxylation is 1. The second-order valence-corrected chi connectivity index (χ2v) is 2.74. The smallest absolute Gasteiger partial charge is 0.237 e. The summed E-state index contributed by atoms with van der Waals surface area (Å²) >= 11 is 0. The molecule has 6 heteroatoms. The quantitative estimate of drug-likeness (QED) is 0.650. The van der Waals surface area contributed by atoms with E-state index in [2.05, 4.69) is 15.5 Å². The molecule has 0 fully saturated rings. The summed E-state index contributed by atoms with van der Waals surface area (Å²) in [5.41, 5.74) is 5.33. The molecule has 1 heterocycles. The van der Waals surface area contributed by atoms with Crippen molar-refractivity contribution >= 4 is 5.91 Å². The largest absolute Gasteiger partial charge is 0.347 e. The Hall–Kier alpha value is -1.43. The number of amides is 1. The zero-order valence-electron chi connectivity index (χ0n) is 7.57. The Morgan fingerprint density at radius 2 is 2.46 bits per heavy atom. The monoisotopic (exact) mass is 184 g/mol. The highest BCUT2D eigenvalue weighted by Crippen LogP contribution is 1.93. The van der Waals surface area contributed by atoms with Crippen molar-refractivity contribution in [3.8, 4) is 0 Å². The van der Waals surface area contributed by atoms with E-state index < -0.39 is 6.04 Å². The van der Waals surface area contributed by atoms with Crippen molar-refractivity contribution in [3.63, 3.8) is 0 Å². The Bertz CT molecular complexity index is 294. The van der Waals surface area contributed by atoms with Gasteiger partial charge in [0.2, 0.25) is 11.8 Å². The molecule has 0 aliphatic rings. The van der Waals surface area contributed by atoms with Crippen LogP contribution in [0.4, 0.5) is 0 Å². The van der Waals surface area contributed by atoms with E-state index in [0.717, 1.165) is 0 Å². The molecule has 1 atom stereocenters. The van der Waals surface area contributed by atoms with E-state index in [-0.39, 0.29) is 12.5 Å². The number of hydrogen-bond acceptors (Lipinski definition) is 5. The Balaban J connectivity index is 2.39. The van der Waals surface area contributed by atoms with Crippen molar-refractivity contribution in [1.82, 2.24) is 15.5 Å². The molecule has 6 nitrogen and oxygen atoms in total. The van der Waals surface area contributed by atoms with Gasteiger partial charge in [0.15, 0.2) is 5.82 Å². The number of carbonyl (C=O) groups excluding carboxylic acids is 1. The highest BCUT2D eigenvalue weighted by atomic mass is 16.5. The van der Waals surface area contributed by atoms with Crippen LogP contribution in [-0.4, -0.2) is 22.1 Å². The number of hydrogen-bond donors (Lipinski definition) is 2. The summed E-state index contributed by atoms with van der Waals surface area (Å²) in [7, 11) is 0. The number of nitrogens with zero attached hydrogens (tertiary/aromatic N) is 2. The minimum absolute atomic E-state index is 0.234. The van der Waals surface area contributed by atoms with Gasteiger partial charge >= 0.3 is 0 Å². The predicted octanol–water partition coefficient (Wildman–Crippen LogP) is -0.659. The normalized spacial score (nSPS) is 12.5. The number of aromatic nitrogens is 2. The third-order valence-electron chi connectivity index (χ3n) is 1.40. The Morgan fingerprint density at radius 3 is 2.92 bits per heavy atom. The van der Waals surface area contributed by atoms with Crippen LogP contribution >= 0.6 is 0 Å². The van der Waals surface area contributed by atoms with Crippen molar-refractivity contribution in [2.45, 2.75) is 26.4 Å². The van der Waals surface area contributed by atoms with Gasteiger partial charge in [0, 0.05) is 6.92 Å². The van der Waals surface area contributed by atoms with E-state index in [4.69, 9.17) is 10.3 Å². The molecule has 0 radical (unpaired) electrons. The molecule has 72 valence electrons. The van der Waals surface area contributed by atoms with E-state index in [0.29, 0.717) is 11.7 Å². The van der Waals surface area contributed by atoms with Gasteiger partial charge in [0.05, 0.1) is 12.6 Å². The van der Waals surface area contributed by atoms with Gasteiger partial charge in [-0.2, -0.15) is 4.98 Å². The lowest BCUT2D eigenvalue weighted by Gasteiger charge is -2.03. The molecule has 0 saturated heterocycles. The lowest BCUT2D eigenvalue weighted by molar-refractivity contribution is -0.122. The zero-order chi connectivity index (χ0) is 9.84. The summed E-state index contributed by atoms with van der Waals surface area (Å²) < 4.78 is 4.71. The minimum Gasteiger partial charge on any atom is -0.347 e. The van der Waals surface area contributed by atoms with Gasteiger partial charge < -0.3 is 15.6 Å². The van der Waals surface area contributed by atoms with Gasteiger partial charge in [-0.15, -0.1) is 0 Å². The van der Waals surface area contributed by atoms with Crippen LogP contribution in [0.25, 0.3) is 0 Å². The maximum absolute atomic E-state index is 11.0. The maximum atomic E-state index is 11.0. The van der Waals surface area contributed by atoms with Gasteiger partial charge in [0.1, 0.15) is 0 Å². The summed E-state index contributed by atoms with van der Waals surface area (Å²) in [4.78, 5) is 14.9. The van der Waals surface area contributed by atoms with Crippen molar-refractivity contribution < 1.29 is 9.32 Å². The standard InChI is InChI=1S/C7H12N4O2/c1-4(8)7(12)9-3-6-10-5(2)13-11-6/h4H,3,8H2,1-2H3,(H,9,12)/t4-/m1/s1. The first-order chi connectivity index (χ1) is 6.09. The van der Waals surface area contributed by atoms with Crippen LogP contribution in [0.1, 0.15) is 18.6 Å². The second kappa shape index (κ2) is 3.99. The fourth-order valence-corrected chi connectivity index (χ4v) is 0.740. The Kier molecular flexibility index (Phi) is 2.97. The molecular formula is C7H12N4O2. The number of nitrogens with two attached hydrogens (primary N) is 1. The fraction of sp³-hybridized carbons (Fsp3) is 0.571. The summed E-state index contributed by atoms with van der Waals surface area (Å²) in [6, 6.07) is -0.520. The van der Waals surface area contributed by atoms with Crippen LogP contribution in [0.15, 0.2) is 4.52 Å². The number of nitrogens with one attached hydrogen (secondary N) is 1. The van der Waals surface area contributed by atoms with Crippen LogP contribution in [-0.2, 0) is 11.3 Å². The van der Waals surface area contributed by atoms with Crippen molar-refractivity contribution in [2.75, 3.05) is 0 Å². The first-order valence-corrected chi connectivity index (χ1v) is 3.92. The average Bonchev–Trinajstić information content (AvgIpc) is 2.47. The molecule has 3 N–H and O–H groups in total. The summed E-state index contributed by atoms with van der Waals surface area (Å²) in [6.07, 6.45) is 0. The van der Waals surface area contributed by atoms with Gasteiger partial charge in [0.25, 0.3) is 0 Å². The van der Waals surface area contributed by atoms with E-state index in [9.17, 15) is 4.79 Å². The van der Waals surface area contributed by atoms with Crippen molar-refractivity contribution in [3.05, 3.63) is 11.7 Å². The summed E-state index contributed by atoms with van der Waals surface area (Å²) in [6.45, 7) is 3.54. The number of rotatable bonds is 3. The van der Waals surface area contributed by atoms with Gasteiger partial charge in [-0.1, -0.05) is 5.16 Å². The second-order valence-electron chi connectivity index (χ2n) is 2.74. The Morgan fingerprint density at radius 1 is 1.77 bits per heavy atom. The molecule has 0 aromatic carbocycles. The lowest BCUT2D eigenvalue weighted by atomic mass is 10.3. The SMILES string of the molecule is Cc1nc(CNC(=O)[C@@H](C)N)no1. The molecule has 0 saturated carbocycles.